The summed E-state index contributed by atoms with van der Waals surface area (Å²) in [6, 6.07) is 11.7. The van der Waals surface area contributed by atoms with Gasteiger partial charge in [-0.2, -0.15) is 5.10 Å². The molecule has 0 spiro atoms. The van der Waals surface area contributed by atoms with E-state index in [1.807, 2.05) is 61.1 Å². The van der Waals surface area contributed by atoms with E-state index in [0.29, 0.717) is 0 Å². The number of carbonyl (C=O) groups excluding carboxylic acids is 1. The maximum absolute atomic E-state index is 11.6. The van der Waals surface area contributed by atoms with E-state index in [0.717, 1.165) is 16.9 Å². The van der Waals surface area contributed by atoms with Crippen molar-refractivity contribution in [3.63, 3.8) is 0 Å². The van der Waals surface area contributed by atoms with Crippen molar-refractivity contribution in [3.8, 4) is 0 Å². The quantitative estimate of drug-likeness (QED) is 0.644. The summed E-state index contributed by atoms with van der Waals surface area (Å²) in [5.74, 6) is -0.182. The highest BCUT2D eigenvalue weighted by molar-refractivity contribution is 5.83. The van der Waals surface area contributed by atoms with Gasteiger partial charge in [0.15, 0.2) is 0 Å². The molecule has 20 heavy (non-hydrogen) atoms. The van der Waals surface area contributed by atoms with Gasteiger partial charge in [0.05, 0.1) is 18.5 Å². The second-order valence-electron chi connectivity index (χ2n) is 4.51. The topological polar surface area (TPSA) is 58.4 Å². The smallest absolute Gasteiger partial charge is 0.259 e. The molecule has 2 N–H and O–H groups in total. The number of aryl methyl sites for hydroxylation is 2. The number of anilines is 1. The number of benzene rings is 1. The second kappa shape index (κ2) is 6.56. The van der Waals surface area contributed by atoms with Crippen LogP contribution in [0.4, 0.5) is 5.69 Å². The first-order valence-corrected chi connectivity index (χ1v) is 6.39. The maximum Gasteiger partial charge on any atom is 0.259 e. The summed E-state index contributed by atoms with van der Waals surface area (Å²) in [5.41, 5.74) is 5.48. The Kier molecular flexibility index (Phi) is 4.55. The van der Waals surface area contributed by atoms with E-state index in [9.17, 15) is 4.79 Å². The molecule has 104 valence electrons. The van der Waals surface area contributed by atoms with Crippen LogP contribution in [0.5, 0.6) is 0 Å². The number of carbonyl (C=O) groups is 1. The number of rotatable bonds is 5. The Labute approximate surface area is 118 Å². The number of amides is 1. The number of hydrazone groups is 1. The number of para-hydroxylation sites is 1. The Balaban J connectivity index is 1.80. The van der Waals surface area contributed by atoms with Crippen molar-refractivity contribution in [2.45, 2.75) is 6.92 Å². The lowest BCUT2D eigenvalue weighted by atomic mass is 10.2. The molecule has 2 aromatic rings. The van der Waals surface area contributed by atoms with Crippen LogP contribution >= 0.6 is 0 Å². The molecule has 1 aromatic heterocycles. The van der Waals surface area contributed by atoms with Gasteiger partial charge in [-0.25, -0.2) is 5.43 Å². The van der Waals surface area contributed by atoms with Gasteiger partial charge < -0.3 is 9.88 Å². The molecule has 0 unspecified atom stereocenters. The highest BCUT2D eigenvalue weighted by Crippen LogP contribution is 2.12. The van der Waals surface area contributed by atoms with Crippen LogP contribution in [0.15, 0.2) is 47.7 Å². The molecule has 0 aliphatic carbocycles. The molecule has 0 aliphatic heterocycles. The molecule has 1 aromatic carbocycles. The van der Waals surface area contributed by atoms with Crippen molar-refractivity contribution in [1.29, 1.82) is 0 Å². The van der Waals surface area contributed by atoms with Gasteiger partial charge in [0.2, 0.25) is 0 Å². The predicted molar refractivity (Wildman–Crippen MR) is 80.8 cm³/mol. The number of hydrogen-bond acceptors (Lipinski definition) is 3. The van der Waals surface area contributed by atoms with Crippen LogP contribution in [-0.4, -0.2) is 23.2 Å². The van der Waals surface area contributed by atoms with Gasteiger partial charge in [-0.15, -0.1) is 0 Å². The highest BCUT2D eigenvalue weighted by Gasteiger charge is 2.01. The van der Waals surface area contributed by atoms with Crippen LogP contribution < -0.4 is 10.7 Å². The lowest BCUT2D eigenvalue weighted by Crippen LogP contribution is -2.26. The Morgan fingerprint density at radius 1 is 1.30 bits per heavy atom. The molecule has 5 heteroatoms. The average molecular weight is 270 g/mol. The van der Waals surface area contributed by atoms with Crippen molar-refractivity contribution < 1.29 is 4.79 Å². The second-order valence-corrected chi connectivity index (χ2v) is 4.51. The van der Waals surface area contributed by atoms with E-state index in [1.54, 1.807) is 6.21 Å². The number of aromatic nitrogens is 1. The molecule has 0 fully saturated rings. The van der Waals surface area contributed by atoms with Crippen molar-refractivity contribution in [2.24, 2.45) is 12.1 Å². The minimum Gasteiger partial charge on any atom is -0.376 e. The number of nitrogens with zero attached hydrogens (tertiary/aromatic N) is 2. The molecule has 0 atom stereocenters. The number of nitrogens with one attached hydrogen (secondary N) is 2. The summed E-state index contributed by atoms with van der Waals surface area (Å²) in [6.07, 6.45) is 3.54. The largest absolute Gasteiger partial charge is 0.376 e. The third-order valence-corrected chi connectivity index (χ3v) is 2.95. The molecular weight excluding hydrogens is 252 g/mol. The zero-order valence-corrected chi connectivity index (χ0v) is 11.6. The summed E-state index contributed by atoms with van der Waals surface area (Å²) in [7, 11) is 1.92. The van der Waals surface area contributed by atoms with Crippen LogP contribution in [0.3, 0.4) is 0 Å². The zero-order valence-electron chi connectivity index (χ0n) is 11.6. The molecule has 5 nitrogen and oxygen atoms in total. The normalized spacial score (nSPS) is 10.7. The molecule has 0 saturated carbocycles. The Bertz CT molecular complexity index is 616. The van der Waals surface area contributed by atoms with Gasteiger partial charge >= 0.3 is 0 Å². The maximum atomic E-state index is 11.6. The molecule has 0 saturated heterocycles. The average Bonchev–Trinajstić information content (AvgIpc) is 2.84. The van der Waals surface area contributed by atoms with Crippen molar-refractivity contribution in [1.82, 2.24) is 9.99 Å². The lowest BCUT2D eigenvalue weighted by molar-refractivity contribution is -0.119. The molecule has 1 amide bonds. The first kappa shape index (κ1) is 13.9. The summed E-state index contributed by atoms with van der Waals surface area (Å²) in [6.45, 7) is 2.18. The Morgan fingerprint density at radius 2 is 2.10 bits per heavy atom. The summed E-state index contributed by atoms with van der Waals surface area (Å²) in [4.78, 5) is 11.6. The van der Waals surface area contributed by atoms with E-state index >= 15 is 0 Å². The van der Waals surface area contributed by atoms with Crippen molar-refractivity contribution in [2.75, 3.05) is 11.9 Å². The van der Waals surface area contributed by atoms with Crippen molar-refractivity contribution >= 4 is 17.8 Å². The fourth-order valence-corrected chi connectivity index (χ4v) is 1.77. The molecule has 0 bridgehead atoms. The van der Waals surface area contributed by atoms with E-state index in [2.05, 4.69) is 15.8 Å². The highest BCUT2D eigenvalue weighted by atomic mass is 16.2. The minimum absolute atomic E-state index is 0.182. The van der Waals surface area contributed by atoms with Gasteiger partial charge in [0.25, 0.3) is 5.91 Å². The van der Waals surface area contributed by atoms with Crippen molar-refractivity contribution in [3.05, 3.63) is 53.9 Å². The standard InChI is InChI=1S/C15H18N4O/c1-12-6-3-4-8-14(12)16-11-15(20)18-17-10-13-7-5-9-19(13)2/h3-10,16H,11H2,1-2H3,(H,18,20). The minimum atomic E-state index is -0.182. The zero-order chi connectivity index (χ0) is 14.4. The molecule has 2 rings (SSSR count). The molecule has 0 radical (unpaired) electrons. The van der Waals surface area contributed by atoms with Crippen LogP contribution in [0.25, 0.3) is 0 Å². The van der Waals surface area contributed by atoms with Crippen LogP contribution in [-0.2, 0) is 11.8 Å². The summed E-state index contributed by atoms with van der Waals surface area (Å²) >= 11 is 0. The van der Waals surface area contributed by atoms with Crippen LogP contribution in [0.1, 0.15) is 11.3 Å². The third-order valence-electron chi connectivity index (χ3n) is 2.95. The van der Waals surface area contributed by atoms with E-state index in [4.69, 9.17) is 0 Å². The summed E-state index contributed by atoms with van der Waals surface area (Å²) in [5, 5.41) is 7.00. The van der Waals surface area contributed by atoms with Gasteiger partial charge in [-0.3, -0.25) is 4.79 Å². The Hall–Kier alpha value is -2.56. The first-order valence-electron chi connectivity index (χ1n) is 6.39. The van der Waals surface area contributed by atoms with Gasteiger partial charge in [0, 0.05) is 18.9 Å². The van der Waals surface area contributed by atoms with E-state index in [1.165, 1.54) is 0 Å². The fourth-order valence-electron chi connectivity index (χ4n) is 1.77. The Morgan fingerprint density at radius 3 is 2.80 bits per heavy atom. The third kappa shape index (κ3) is 3.71. The lowest BCUT2D eigenvalue weighted by Gasteiger charge is -2.07. The van der Waals surface area contributed by atoms with Gasteiger partial charge in [-0.1, -0.05) is 18.2 Å². The molecular formula is C15H18N4O. The van der Waals surface area contributed by atoms with Crippen LogP contribution in [0.2, 0.25) is 0 Å². The predicted octanol–water partition coefficient (Wildman–Crippen LogP) is 1.90. The van der Waals surface area contributed by atoms with Gasteiger partial charge in [-0.05, 0) is 30.7 Å². The summed E-state index contributed by atoms with van der Waals surface area (Å²) < 4.78 is 1.92. The van der Waals surface area contributed by atoms with Gasteiger partial charge in [0.1, 0.15) is 0 Å². The van der Waals surface area contributed by atoms with E-state index < -0.39 is 0 Å². The fraction of sp³-hybridized carbons (Fsp3) is 0.200. The molecule has 0 aliphatic rings. The van der Waals surface area contributed by atoms with E-state index in [-0.39, 0.29) is 12.5 Å². The SMILES string of the molecule is Cc1ccccc1NCC(=O)NN=Cc1cccn1C. The number of hydrogen-bond donors (Lipinski definition) is 2. The monoisotopic (exact) mass is 270 g/mol. The molecule has 1 heterocycles. The first-order chi connectivity index (χ1) is 9.66. The van der Waals surface area contributed by atoms with Crippen LogP contribution in [0, 0.1) is 6.92 Å².